The fourth-order valence-electron chi connectivity index (χ4n) is 5.03. The monoisotopic (exact) mass is 472 g/mol. The number of fused-ring (bicyclic) bond motifs is 1. The van der Waals surface area contributed by atoms with Crippen molar-refractivity contribution in [2.24, 2.45) is 0 Å². The van der Waals surface area contributed by atoms with Crippen molar-refractivity contribution in [2.45, 2.75) is 39.3 Å². The number of carbonyl (C=O) groups excluding carboxylic acids is 1. The number of furan rings is 1. The lowest BCUT2D eigenvalue weighted by atomic mass is 10.0. The molecule has 180 valence electrons. The number of H-pyrrole nitrogens is 1. The number of aromatic amines is 1. The number of carbonyl (C=O) groups is 1. The first-order valence-electron chi connectivity index (χ1n) is 11.8. The van der Waals surface area contributed by atoms with Crippen molar-refractivity contribution < 1.29 is 9.21 Å². The van der Waals surface area contributed by atoms with E-state index in [1.54, 1.807) is 6.26 Å². The van der Waals surface area contributed by atoms with Crippen molar-refractivity contribution >= 4 is 22.8 Å². The summed E-state index contributed by atoms with van der Waals surface area (Å²) >= 11 is 0. The van der Waals surface area contributed by atoms with Crippen molar-refractivity contribution in [3.05, 3.63) is 75.7 Å². The van der Waals surface area contributed by atoms with E-state index in [0.29, 0.717) is 31.0 Å². The zero-order chi connectivity index (χ0) is 24.5. The lowest BCUT2D eigenvalue weighted by Gasteiger charge is -2.32. The highest BCUT2D eigenvalue weighted by molar-refractivity contribution is 5.93. The molecule has 0 atom stereocenters. The molecule has 1 saturated heterocycles. The van der Waals surface area contributed by atoms with Crippen LogP contribution < -0.4 is 11.0 Å². The largest absolute Gasteiger partial charge is 0.467 e. The first-order valence-corrected chi connectivity index (χ1v) is 11.8. The summed E-state index contributed by atoms with van der Waals surface area (Å²) in [6.45, 7) is 5.90. The fourth-order valence-corrected chi connectivity index (χ4v) is 5.03. The molecular weight excluding hydrogens is 444 g/mol. The summed E-state index contributed by atoms with van der Waals surface area (Å²) in [6.07, 6.45) is 3.18. The van der Waals surface area contributed by atoms with Gasteiger partial charge in [-0.15, -0.1) is 0 Å². The molecule has 2 N–H and O–H groups in total. The van der Waals surface area contributed by atoms with Crippen LogP contribution in [0.5, 0.6) is 0 Å². The number of hydrogen-bond acceptors (Lipinski definition) is 5. The van der Waals surface area contributed by atoms with Crippen LogP contribution in [0.25, 0.3) is 11.0 Å². The van der Waals surface area contributed by atoms with Gasteiger partial charge >= 0.3 is 5.69 Å². The molecule has 4 aromatic rings. The standard InChI is InChI=1S/C26H28N6O3/c1-17-18(2)31(15-20-6-5-13-35-20)25(21(17)14-27)29-24(33)16-30-11-9-19(10-12-30)32-23-8-4-3-7-22(23)28-26(32)34/h3-8,13,19H,9-12,15-16H2,1-2H3,(H,28,34)(H,29,33). The Morgan fingerprint density at radius 2 is 1.97 bits per heavy atom. The Morgan fingerprint density at radius 3 is 2.69 bits per heavy atom. The summed E-state index contributed by atoms with van der Waals surface area (Å²) in [6, 6.07) is 13.7. The number of rotatable bonds is 6. The number of anilines is 1. The number of hydrogen-bond donors (Lipinski definition) is 2. The number of nitrogens with one attached hydrogen (secondary N) is 2. The van der Waals surface area contributed by atoms with Crippen molar-refractivity contribution in [1.82, 2.24) is 19.0 Å². The number of piperidine rings is 1. The fraction of sp³-hybridized carbons (Fsp3) is 0.346. The summed E-state index contributed by atoms with van der Waals surface area (Å²) in [5, 5.41) is 12.7. The maximum atomic E-state index is 13.0. The molecule has 0 saturated carbocycles. The molecule has 0 radical (unpaired) electrons. The van der Waals surface area contributed by atoms with E-state index in [-0.39, 0.29) is 24.2 Å². The topological polar surface area (TPSA) is 112 Å². The molecule has 35 heavy (non-hydrogen) atoms. The van der Waals surface area contributed by atoms with Crippen LogP contribution >= 0.6 is 0 Å². The summed E-state index contributed by atoms with van der Waals surface area (Å²) in [4.78, 5) is 30.6. The highest BCUT2D eigenvalue weighted by Gasteiger charge is 2.26. The second-order valence-corrected chi connectivity index (χ2v) is 9.08. The number of benzene rings is 1. The zero-order valence-corrected chi connectivity index (χ0v) is 19.9. The Morgan fingerprint density at radius 1 is 1.20 bits per heavy atom. The number of imidazole rings is 1. The second-order valence-electron chi connectivity index (χ2n) is 9.08. The van der Waals surface area contributed by atoms with Crippen molar-refractivity contribution in [3.8, 4) is 6.07 Å². The van der Waals surface area contributed by atoms with Gasteiger partial charge in [0, 0.05) is 24.8 Å². The minimum atomic E-state index is -0.164. The minimum Gasteiger partial charge on any atom is -0.467 e. The van der Waals surface area contributed by atoms with Gasteiger partial charge in [-0.2, -0.15) is 5.26 Å². The maximum Gasteiger partial charge on any atom is 0.326 e. The van der Waals surface area contributed by atoms with Gasteiger partial charge in [-0.25, -0.2) is 4.79 Å². The zero-order valence-electron chi connectivity index (χ0n) is 19.9. The van der Waals surface area contributed by atoms with Crippen LogP contribution in [-0.4, -0.2) is 44.6 Å². The number of nitrogens with zero attached hydrogens (tertiary/aromatic N) is 4. The quantitative estimate of drug-likeness (QED) is 0.446. The summed E-state index contributed by atoms with van der Waals surface area (Å²) in [5.41, 5.74) is 3.91. The average molecular weight is 473 g/mol. The Bertz CT molecular complexity index is 1460. The van der Waals surface area contributed by atoms with Gasteiger partial charge < -0.3 is 19.3 Å². The van der Waals surface area contributed by atoms with Crippen LogP contribution in [0.2, 0.25) is 0 Å². The van der Waals surface area contributed by atoms with Gasteiger partial charge in [0.1, 0.15) is 17.6 Å². The highest BCUT2D eigenvalue weighted by Crippen LogP contribution is 2.28. The first-order chi connectivity index (χ1) is 17.0. The first kappa shape index (κ1) is 22.7. The van der Waals surface area contributed by atoms with E-state index in [1.807, 2.05) is 59.4 Å². The van der Waals surface area contributed by atoms with Gasteiger partial charge in [-0.05, 0) is 56.5 Å². The van der Waals surface area contributed by atoms with Gasteiger partial charge in [0.2, 0.25) is 5.91 Å². The van der Waals surface area contributed by atoms with Gasteiger partial charge in [-0.3, -0.25) is 14.3 Å². The molecule has 1 aliphatic heterocycles. The second kappa shape index (κ2) is 9.31. The molecule has 0 unspecified atom stereocenters. The third-order valence-electron chi connectivity index (χ3n) is 7.01. The van der Waals surface area contributed by atoms with Gasteiger partial charge in [0.25, 0.3) is 0 Å². The number of para-hydroxylation sites is 2. The van der Waals surface area contributed by atoms with E-state index in [1.165, 1.54) is 0 Å². The lowest BCUT2D eigenvalue weighted by Crippen LogP contribution is -2.41. The molecule has 0 spiro atoms. The third kappa shape index (κ3) is 4.29. The lowest BCUT2D eigenvalue weighted by molar-refractivity contribution is -0.117. The molecular formula is C26H28N6O3. The van der Waals surface area contributed by atoms with E-state index >= 15 is 0 Å². The van der Waals surface area contributed by atoms with Crippen molar-refractivity contribution in [2.75, 3.05) is 25.0 Å². The van der Waals surface area contributed by atoms with Crippen LogP contribution in [0.15, 0.2) is 51.9 Å². The van der Waals surface area contributed by atoms with Crippen LogP contribution in [-0.2, 0) is 11.3 Å². The number of aromatic nitrogens is 3. The molecule has 5 rings (SSSR count). The maximum absolute atomic E-state index is 13.0. The normalized spacial score (nSPS) is 14.9. The van der Waals surface area contributed by atoms with E-state index in [0.717, 1.165) is 40.9 Å². The van der Waals surface area contributed by atoms with E-state index < -0.39 is 0 Å². The average Bonchev–Trinajstić information content (AvgIpc) is 3.54. The molecule has 1 aliphatic rings. The minimum absolute atomic E-state index is 0.0884. The molecule has 1 amide bonds. The number of nitriles is 1. The summed E-state index contributed by atoms with van der Waals surface area (Å²) < 4.78 is 9.24. The molecule has 3 aromatic heterocycles. The summed E-state index contributed by atoms with van der Waals surface area (Å²) in [7, 11) is 0. The molecule has 1 fully saturated rings. The third-order valence-corrected chi connectivity index (χ3v) is 7.01. The predicted octanol–water partition coefficient (Wildman–Crippen LogP) is 3.54. The van der Waals surface area contributed by atoms with Gasteiger partial charge in [0.15, 0.2) is 0 Å². The Balaban J connectivity index is 1.26. The molecule has 9 nitrogen and oxygen atoms in total. The highest BCUT2D eigenvalue weighted by atomic mass is 16.3. The van der Waals surface area contributed by atoms with E-state index in [4.69, 9.17) is 4.42 Å². The number of amides is 1. The van der Waals surface area contributed by atoms with Crippen LogP contribution in [0.4, 0.5) is 5.82 Å². The van der Waals surface area contributed by atoms with Gasteiger partial charge in [-0.1, -0.05) is 12.1 Å². The van der Waals surface area contributed by atoms with Crippen LogP contribution in [0, 0.1) is 25.2 Å². The van der Waals surface area contributed by atoms with E-state index in [9.17, 15) is 14.9 Å². The molecule has 0 aliphatic carbocycles. The van der Waals surface area contributed by atoms with Gasteiger partial charge in [0.05, 0.1) is 35.9 Å². The number of likely N-dealkylation sites (tertiary alicyclic amines) is 1. The van der Waals surface area contributed by atoms with Crippen LogP contribution in [0.3, 0.4) is 0 Å². The molecule has 4 heterocycles. The predicted molar refractivity (Wildman–Crippen MR) is 132 cm³/mol. The Kier molecular flexibility index (Phi) is 6.05. The summed E-state index contributed by atoms with van der Waals surface area (Å²) in [5.74, 6) is 1.09. The van der Waals surface area contributed by atoms with Crippen molar-refractivity contribution in [3.63, 3.8) is 0 Å². The van der Waals surface area contributed by atoms with Crippen molar-refractivity contribution in [1.29, 1.82) is 5.26 Å². The smallest absolute Gasteiger partial charge is 0.326 e. The SMILES string of the molecule is Cc1c(C#N)c(NC(=O)CN2CCC(n3c(=O)[nH]c4ccccc43)CC2)n(Cc2ccco2)c1C. The Labute approximate surface area is 202 Å². The molecule has 1 aromatic carbocycles. The molecule has 0 bridgehead atoms. The van der Waals surface area contributed by atoms with E-state index in [2.05, 4.69) is 21.3 Å². The van der Waals surface area contributed by atoms with Crippen LogP contribution in [0.1, 0.15) is 41.5 Å². The Hall–Kier alpha value is -4.03. The molecule has 9 heteroatoms.